The molecule has 0 spiro atoms. The number of anilines is 1. The first kappa shape index (κ1) is 22.5. The second-order valence-electron chi connectivity index (χ2n) is 8.78. The third-order valence-electron chi connectivity index (χ3n) is 6.51. The van der Waals surface area contributed by atoms with Gasteiger partial charge < -0.3 is 15.0 Å². The van der Waals surface area contributed by atoms with E-state index >= 15 is 0 Å². The summed E-state index contributed by atoms with van der Waals surface area (Å²) in [4.78, 5) is 35.3. The lowest BCUT2D eigenvalue weighted by atomic mass is 9.99. The fourth-order valence-corrected chi connectivity index (χ4v) is 4.66. The number of aryl methyl sites for hydroxylation is 1. The van der Waals surface area contributed by atoms with Gasteiger partial charge in [0.2, 0.25) is 5.91 Å². The van der Waals surface area contributed by atoms with E-state index in [0.29, 0.717) is 29.0 Å². The van der Waals surface area contributed by atoms with Crippen molar-refractivity contribution in [2.45, 2.75) is 6.42 Å². The number of nitrogens with one attached hydrogen (secondary N) is 1. The molecule has 9 heteroatoms. The molecule has 3 aromatic rings. The second-order valence-corrected chi connectivity index (χ2v) is 8.78. The summed E-state index contributed by atoms with van der Waals surface area (Å²) in [6, 6.07) is 7.14. The lowest BCUT2D eigenvalue weighted by molar-refractivity contribution is -0.125. The highest BCUT2D eigenvalue weighted by Crippen LogP contribution is 2.40. The van der Waals surface area contributed by atoms with Crippen molar-refractivity contribution in [3.63, 3.8) is 0 Å². The number of fused-ring (bicyclic) bond motifs is 1. The largest absolute Gasteiger partial charge is 0.495 e. The predicted molar refractivity (Wildman–Crippen MR) is 131 cm³/mol. The fourth-order valence-electron chi connectivity index (χ4n) is 4.66. The highest BCUT2D eigenvalue weighted by atomic mass is 16.5. The van der Waals surface area contributed by atoms with Gasteiger partial charge in [0.25, 0.3) is 5.91 Å². The summed E-state index contributed by atoms with van der Waals surface area (Å²) in [7, 11) is 3.47. The zero-order chi connectivity index (χ0) is 24.4. The van der Waals surface area contributed by atoms with Gasteiger partial charge in [-0.25, -0.2) is 4.98 Å². The Balaban J connectivity index is 1.16. The first-order valence-corrected chi connectivity index (χ1v) is 11.4. The molecule has 9 nitrogen and oxygen atoms in total. The van der Waals surface area contributed by atoms with Gasteiger partial charge in [0.05, 0.1) is 24.6 Å². The van der Waals surface area contributed by atoms with Crippen LogP contribution in [0, 0.1) is 11.8 Å². The van der Waals surface area contributed by atoms with E-state index in [4.69, 9.17) is 4.74 Å². The van der Waals surface area contributed by atoms with E-state index in [1.807, 2.05) is 28.9 Å². The Labute approximate surface area is 203 Å². The molecule has 2 amide bonds. The van der Waals surface area contributed by atoms with Gasteiger partial charge in [-0.1, -0.05) is 6.08 Å². The number of pyridine rings is 2. The van der Waals surface area contributed by atoms with E-state index in [-0.39, 0.29) is 11.8 Å². The molecule has 178 valence electrons. The summed E-state index contributed by atoms with van der Waals surface area (Å²) < 4.78 is 7.00. The number of amides is 2. The Hall–Kier alpha value is -4.27. The Morgan fingerprint density at radius 1 is 1.17 bits per heavy atom. The van der Waals surface area contributed by atoms with Crippen LogP contribution < -0.4 is 10.1 Å². The Kier molecular flexibility index (Phi) is 6.13. The Morgan fingerprint density at radius 2 is 2.06 bits per heavy atom. The highest BCUT2D eigenvalue weighted by Gasteiger charge is 2.38. The number of nitrogens with zero attached hydrogens (tertiary/aromatic N) is 5. The summed E-state index contributed by atoms with van der Waals surface area (Å²) in [6.45, 7) is 1.49. The van der Waals surface area contributed by atoms with Gasteiger partial charge in [0, 0.05) is 44.8 Å². The molecule has 1 aliphatic carbocycles. The number of hydrogen-bond acceptors (Lipinski definition) is 6. The maximum atomic E-state index is 12.7. The molecular formula is C26H26N6O3. The van der Waals surface area contributed by atoms with Crippen molar-refractivity contribution in [1.29, 1.82) is 0 Å². The van der Waals surface area contributed by atoms with Crippen LogP contribution in [-0.4, -0.2) is 56.7 Å². The Bertz CT molecular complexity index is 1310. The smallest absolute Gasteiger partial charge is 0.258 e. The summed E-state index contributed by atoms with van der Waals surface area (Å²) in [5.74, 6) is 1.43. The van der Waals surface area contributed by atoms with E-state index in [1.54, 1.807) is 36.5 Å². The van der Waals surface area contributed by atoms with Gasteiger partial charge in [0.15, 0.2) is 0 Å². The van der Waals surface area contributed by atoms with Crippen molar-refractivity contribution >= 4 is 29.3 Å². The van der Waals surface area contributed by atoms with Gasteiger partial charge in [-0.3, -0.25) is 19.3 Å². The molecule has 4 heterocycles. The quantitative estimate of drug-likeness (QED) is 0.556. The zero-order valence-corrected chi connectivity index (χ0v) is 19.6. The molecule has 0 saturated carbocycles. The molecule has 2 atom stereocenters. The molecule has 2 aliphatic rings. The van der Waals surface area contributed by atoms with Crippen LogP contribution in [0.2, 0.25) is 0 Å². The number of rotatable bonds is 6. The summed E-state index contributed by atoms with van der Waals surface area (Å²) in [6.07, 6.45) is 13.0. The van der Waals surface area contributed by atoms with E-state index in [9.17, 15) is 9.59 Å². The number of likely N-dealkylation sites (tertiary alicyclic amines) is 1. The highest BCUT2D eigenvalue weighted by molar-refractivity contribution is 6.03. The molecule has 0 aromatic carbocycles. The van der Waals surface area contributed by atoms with Gasteiger partial charge in [0.1, 0.15) is 11.6 Å². The van der Waals surface area contributed by atoms with E-state index in [1.165, 1.54) is 25.1 Å². The number of carbonyl (C=O) groups is 2. The first-order valence-electron chi connectivity index (χ1n) is 11.4. The third kappa shape index (κ3) is 4.84. The zero-order valence-electron chi connectivity index (χ0n) is 19.6. The second kappa shape index (κ2) is 9.54. The normalized spacial score (nSPS) is 19.0. The number of hydrogen-bond donors (Lipinski definition) is 1. The van der Waals surface area contributed by atoms with Crippen LogP contribution in [0.3, 0.4) is 0 Å². The molecule has 5 rings (SSSR count). The molecule has 1 N–H and O–H groups in total. The number of ether oxygens (including phenoxy) is 1. The van der Waals surface area contributed by atoms with Crippen LogP contribution in [-0.2, 0) is 11.8 Å². The average Bonchev–Trinajstić information content (AvgIpc) is 3.58. The van der Waals surface area contributed by atoms with Crippen LogP contribution in [0.4, 0.5) is 5.82 Å². The summed E-state index contributed by atoms with van der Waals surface area (Å²) in [5.41, 5.74) is 3.63. The van der Waals surface area contributed by atoms with E-state index in [2.05, 4.69) is 26.5 Å². The topological polar surface area (TPSA) is 102 Å². The van der Waals surface area contributed by atoms with Gasteiger partial charge >= 0.3 is 0 Å². The van der Waals surface area contributed by atoms with Crippen LogP contribution >= 0.6 is 0 Å². The SMILES string of the molecule is COc1cncc(C(=O)Nc2ccc(/C=C/C(=O)N3CC4C=C(c5ccnn5C)CC4C3)cn2)c1. The molecule has 0 radical (unpaired) electrons. The number of methoxy groups -OCH3 is 1. The maximum Gasteiger partial charge on any atom is 0.258 e. The van der Waals surface area contributed by atoms with Crippen molar-refractivity contribution in [1.82, 2.24) is 24.6 Å². The standard InChI is InChI=1S/C26H26N6O3/c1-31-23(7-8-29-31)18-9-20-15-32(16-21(20)10-18)25(33)6-4-17-3-5-24(28-12-17)30-26(34)19-11-22(35-2)14-27-13-19/h3-9,11-14,20-21H,10,15-16H2,1-2H3,(H,28,30,34)/b6-4+. The first-order chi connectivity index (χ1) is 17.0. The van der Waals surface area contributed by atoms with E-state index in [0.717, 1.165) is 30.8 Å². The number of carbonyl (C=O) groups excluding carboxylic acids is 2. The van der Waals surface area contributed by atoms with Crippen LogP contribution in [0.25, 0.3) is 11.6 Å². The van der Waals surface area contributed by atoms with Gasteiger partial charge in [-0.15, -0.1) is 0 Å². The van der Waals surface area contributed by atoms with Crippen LogP contribution in [0.5, 0.6) is 5.75 Å². The van der Waals surface area contributed by atoms with Crippen molar-refractivity contribution in [2.24, 2.45) is 18.9 Å². The van der Waals surface area contributed by atoms with Gasteiger partial charge in [-0.05, 0) is 59.7 Å². The van der Waals surface area contributed by atoms with Crippen LogP contribution in [0.1, 0.15) is 28.0 Å². The van der Waals surface area contributed by atoms with Crippen molar-refractivity contribution in [3.8, 4) is 5.75 Å². The lowest BCUT2D eigenvalue weighted by Gasteiger charge is -2.15. The number of aromatic nitrogens is 4. The lowest BCUT2D eigenvalue weighted by Crippen LogP contribution is -2.27. The fraction of sp³-hybridized carbons (Fsp3) is 0.269. The van der Waals surface area contributed by atoms with Gasteiger partial charge in [-0.2, -0.15) is 5.10 Å². The Morgan fingerprint density at radius 3 is 2.77 bits per heavy atom. The number of allylic oxidation sites excluding steroid dienone is 1. The molecule has 1 aliphatic heterocycles. The molecular weight excluding hydrogens is 444 g/mol. The van der Waals surface area contributed by atoms with Crippen molar-refractivity contribution in [2.75, 3.05) is 25.5 Å². The molecule has 35 heavy (non-hydrogen) atoms. The molecule has 1 fully saturated rings. The third-order valence-corrected chi connectivity index (χ3v) is 6.51. The minimum atomic E-state index is -0.331. The minimum Gasteiger partial charge on any atom is -0.495 e. The van der Waals surface area contributed by atoms with Crippen LogP contribution in [0.15, 0.2) is 61.2 Å². The summed E-state index contributed by atoms with van der Waals surface area (Å²) >= 11 is 0. The van der Waals surface area contributed by atoms with E-state index < -0.39 is 0 Å². The molecule has 0 bridgehead atoms. The van der Waals surface area contributed by atoms with Crippen molar-refractivity contribution in [3.05, 3.63) is 78.0 Å². The molecule has 2 unspecified atom stereocenters. The minimum absolute atomic E-state index is 0.00205. The monoisotopic (exact) mass is 470 g/mol. The molecule has 3 aromatic heterocycles. The maximum absolute atomic E-state index is 12.7. The summed E-state index contributed by atoms with van der Waals surface area (Å²) in [5, 5.41) is 6.99. The van der Waals surface area contributed by atoms with Crippen molar-refractivity contribution < 1.29 is 14.3 Å². The molecule has 1 saturated heterocycles. The predicted octanol–water partition coefficient (Wildman–Crippen LogP) is 3.05. The average molecular weight is 471 g/mol.